The zero-order valence-electron chi connectivity index (χ0n) is 8.69. The van der Waals surface area contributed by atoms with Gasteiger partial charge in [0.05, 0.1) is 11.3 Å². The van der Waals surface area contributed by atoms with E-state index in [1.54, 1.807) is 12.3 Å². The molecule has 3 nitrogen and oxygen atoms in total. The van der Waals surface area contributed by atoms with E-state index in [0.29, 0.717) is 5.56 Å². The summed E-state index contributed by atoms with van der Waals surface area (Å²) in [6, 6.07) is 7.34. The van der Waals surface area contributed by atoms with E-state index >= 15 is 0 Å². The molecule has 0 radical (unpaired) electrons. The first kappa shape index (κ1) is 9.09. The van der Waals surface area contributed by atoms with E-state index in [2.05, 4.69) is 4.98 Å². The van der Waals surface area contributed by atoms with Crippen molar-refractivity contribution in [3.8, 4) is 22.4 Å². The van der Waals surface area contributed by atoms with Crippen LogP contribution in [0.2, 0.25) is 0 Å². The van der Waals surface area contributed by atoms with Crippen molar-refractivity contribution in [2.45, 2.75) is 6.92 Å². The molecule has 1 aliphatic carbocycles. The fourth-order valence-electron chi connectivity index (χ4n) is 2.22. The lowest BCUT2D eigenvalue weighted by atomic mass is 9.79. The molecule has 1 aromatic carbocycles. The summed E-state index contributed by atoms with van der Waals surface area (Å²) in [6.45, 7) is 1.99. The van der Waals surface area contributed by atoms with Crippen molar-refractivity contribution in [3.63, 3.8) is 0 Å². The van der Waals surface area contributed by atoms with Gasteiger partial charge in [0.15, 0.2) is 0 Å². The fourth-order valence-corrected chi connectivity index (χ4v) is 2.22. The molecule has 2 aromatic rings. The van der Waals surface area contributed by atoms with E-state index in [0.717, 1.165) is 27.9 Å². The average molecular weight is 211 g/mol. The van der Waals surface area contributed by atoms with Crippen molar-refractivity contribution in [3.05, 3.63) is 41.6 Å². The van der Waals surface area contributed by atoms with Crippen molar-refractivity contribution in [2.75, 3.05) is 0 Å². The number of pyridine rings is 1. The van der Waals surface area contributed by atoms with Crippen LogP contribution in [0.25, 0.3) is 22.4 Å². The van der Waals surface area contributed by atoms with Gasteiger partial charge in [-0.15, -0.1) is 0 Å². The summed E-state index contributed by atoms with van der Waals surface area (Å²) in [7, 11) is 0. The van der Waals surface area contributed by atoms with Gasteiger partial charge < -0.3 is 5.11 Å². The number of hydrogen-bond acceptors (Lipinski definition) is 2. The molecule has 1 aromatic heterocycles. The molecular weight excluding hydrogens is 202 g/mol. The van der Waals surface area contributed by atoms with Crippen LogP contribution in [0.1, 0.15) is 15.9 Å². The second kappa shape index (κ2) is 2.92. The molecule has 0 saturated carbocycles. The number of nitrogens with zero attached hydrogens (tertiary/aromatic N) is 1. The van der Waals surface area contributed by atoms with Gasteiger partial charge in [-0.05, 0) is 30.2 Å². The van der Waals surface area contributed by atoms with Crippen LogP contribution < -0.4 is 0 Å². The lowest BCUT2D eigenvalue weighted by molar-refractivity contribution is 0.0697. The summed E-state index contributed by atoms with van der Waals surface area (Å²) < 4.78 is 0. The smallest absolute Gasteiger partial charge is 0.336 e. The second-order valence-corrected chi connectivity index (χ2v) is 3.88. The molecule has 1 heterocycles. The minimum atomic E-state index is -0.896. The van der Waals surface area contributed by atoms with Gasteiger partial charge in [-0.3, -0.25) is 4.98 Å². The number of fused-ring (bicyclic) bond motifs is 4. The Bertz CT molecular complexity index is 617. The molecule has 1 aliphatic rings. The van der Waals surface area contributed by atoms with Crippen molar-refractivity contribution in [1.82, 2.24) is 4.98 Å². The third-order valence-corrected chi connectivity index (χ3v) is 2.96. The first-order chi connectivity index (χ1) is 7.70. The van der Waals surface area contributed by atoms with Gasteiger partial charge in [-0.1, -0.05) is 12.1 Å². The quantitative estimate of drug-likeness (QED) is 0.673. The molecule has 0 unspecified atom stereocenters. The summed E-state index contributed by atoms with van der Waals surface area (Å²) in [6.07, 6.45) is 1.69. The number of aromatic nitrogens is 1. The van der Waals surface area contributed by atoms with Gasteiger partial charge in [0.1, 0.15) is 0 Å². The highest BCUT2D eigenvalue weighted by Crippen LogP contribution is 2.49. The molecule has 0 fully saturated rings. The van der Waals surface area contributed by atoms with E-state index in [9.17, 15) is 4.79 Å². The number of carboxylic acids is 1. The van der Waals surface area contributed by atoms with Crippen LogP contribution in [0, 0.1) is 6.92 Å². The summed E-state index contributed by atoms with van der Waals surface area (Å²) in [5.41, 5.74) is 5.11. The highest BCUT2D eigenvalue weighted by Gasteiger charge is 2.30. The number of rotatable bonds is 1. The molecular formula is C13H9NO2. The van der Waals surface area contributed by atoms with Gasteiger partial charge in [0, 0.05) is 17.3 Å². The molecule has 3 heteroatoms. The number of aromatic carboxylic acids is 1. The number of hydrogen-bond donors (Lipinski definition) is 1. The Morgan fingerprint density at radius 2 is 2.06 bits per heavy atom. The molecule has 16 heavy (non-hydrogen) atoms. The molecule has 0 spiro atoms. The normalized spacial score (nSPS) is 11.3. The monoisotopic (exact) mass is 211 g/mol. The molecule has 0 amide bonds. The van der Waals surface area contributed by atoms with Gasteiger partial charge in [0.25, 0.3) is 0 Å². The largest absolute Gasteiger partial charge is 0.478 e. The molecule has 0 saturated heterocycles. The van der Waals surface area contributed by atoms with Gasteiger partial charge >= 0.3 is 5.97 Å². The lowest BCUT2D eigenvalue weighted by Crippen LogP contribution is -2.10. The molecule has 0 aliphatic heterocycles. The second-order valence-electron chi connectivity index (χ2n) is 3.88. The van der Waals surface area contributed by atoms with Crippen LogP contribution in [-0.2, 0) is 0 Å². The summed E-state index contributed by atoms with van der Waals surface area (Å²) in [5, 5.41) is 9.11. The number of aryl methyl sites for hydroxylation is 1. The third-order valence-electron chi connectivity index (χ3n) is 2.96. The zero-order valence-corrected chi connectivity index (χ0v) is 8.69. The van der Waals surface area contributed by atoms with Crippen molar-refractivity contribution in [1.29, 1.82) is 0 Å². The molecule has 3 rings (SSSR count). The Morgan fingerprint density at radius 1 is 1.25 bits per heavy atom. The Balaban J connectivity index is 2.34. The first-order valence-electron chi connectivity index (χ1n) is 5.03. The van der Waals surface area contributed by atoms with E-state index in [4.69, 9.17) is 5.11 Å². The number of carbonyl (C=O) groups is 1. The maximum atomic E-state index is 11.1. The Labute approximate surface area is 92.4 Å². The topological polar surface area (TPSA) is 50.2 Å². The van der Waals surface area contributed by atoms with Crippen molar-refractivity contribution in [2.24, 2.45) is 0 Å². The zero-order chi connectivity index (χ0) is 11.3. The maximum absolute atomic E-state index is 11.1. The Morgan fingerprint density at radius 3 is 2.81 bits per heavy atom. The van der Waals surface area contributed by atoms with Crippen LogP contribution in [0.3, 0.4) is 0 Å². The SMILES string of the molecule is Cc1ccc(C(=O)O)c2c1-c1cccnc1-2. The average Bonchev–Trinajstić information content (AvgIpc) is 2.24. The van der Waals surface area contributed by atoms with Crippen LogP contribution in [-0.4, -0.2) is 16.1 Å². The van der Waals surface area contributed by atoms with Crippen molar-refractivity contribution < 1.29 is 9.90 Å². The minimum absolute atomic E-state index is 0.340. The highest BCUT2D eigenvalue weighted by atomic mass is 16.4. The first-order valence-corrected chi connectivity index (χ1v) is 5.03. The minimum Gasteiger partial charge on any atom is -0.478 e. The molecule has 0 bridgehead atoms. The van der Waals surface area contributed by atoms with E-state index in [-0.39, 0.29) is 0 Å². The molecule has 0 atom stereocenters. The van der Waals surface area contributed by atoms with Crippen LogP contribution in [0.5, 0.6) is 0 Å². The molecule has 1 N–H and O–H groups in total. The van der Waals surface area contributed by atoms with Crippen LogP contribution >= 0.6 is 0 Å². The van der Waals surface area contributed by atoms with Gasteiger partial charge in [-0.25, -0.2) is 4.79 Å². The Hall–Kier alpha value is -2.16. The fraction of sp³-hybridized carbons (Fsp3) is 0.0769. The Kier molecular flexibility index (Phi) is 1.66. The van der Waals surface area contributed by atoms with E-state index in [1.165, 1.54) is 0 Å². The van der Waals surface area contributed by atoms with E-state index < -0.39 is 5.97 Å². The number of carboxylic acid groups (broad SMARTS) is 1. The van der Waals surface area contributed by atoms with Crippen molar-refractivity contribution >= 4 is 5.97 Å². The van der Waals surface area contributed by atoms with Crippen LogP contribution in [0.15, 0.2) is 30.5 Å². The number of benzene rings is 1. The summed E-state index contributed by atoms with van der Waals surface area (Å²) in [5.74, 6) is -0.896. The summed E-state index contributed by atoms with van der Waals surface area (Å²) >= 11 is 0. The third kappa shape index (κ3) is 0.972. The van der Waals surface area contributed by atoms with Gasteiger partial charge in [-0.2, -0.15) is 0 Å². The van der Waals surface area contributed by atoms with E-state index in [1.807, 2.05) is 25.1 Å². The maximum Gasteiger partial charge on any atom is 0.336 e. The molecule has 78 valence electrons. The highest BCUT2D eigenvalue weighted by molar-refractivity contribution is 6.10. The predicted molar refractivity (Wildman–Crippen MR) is 60.4 cm³/mol. The van der Waals surface area contributed by atoms with Gasteiger partial charge in [0.2, 0.25) is 0 Å². The standard InChI is InChI=1S/C13H9NO2/c1-7-4-5-9(13(15)16)11-10(7)8-3-2-6-14-12(8)11/h2-6H,1H3,(H,15,16). The predicted octanol–water partition coefficient (Wildman–Crippen LogP) is 2.74. The lowest BCUT2D eigenvalue weighted by Gasteiger charge is -2.25. The van der Waals surface area contributed by atoms with Crippen LogP contribution in [0.4, 0.5) is 0 Å². The summed E-state index contributed by atoms with van der Waals surface area (Å²) in [4.78, 5) is 15.3.